The van der Waals surface area contributed by atoms with Crippen LogP contribution in [0.25, 0.3) is 0 Å². The Hall–Kier alpha value is -0.780. The zero-order chi connectivity index (χ0) is 13.3. The van der Waals surface area contributed by atoms with Crippen molar-refractivity contribution in [1.82, 2.24) is 10.6 Å². The first-order valence-electron chi connectivity index (χ1n) is 5.70. The van der Waals surface area contributed by atoms with E-state index in [0.29, 0.717) is 17.9 Å². The van der Waals surface area contributed by atoms with Crippen molar-refractivity contribution in [1.29, 1.82) is 0 Å². The van der Waals surface area contributed by atoms with Crippen molar-refractivity contribution in [3.05, 3.63) is 0 Å². The van der Waals surface area contributed by atoms with Crippen LogP contribution in [0.1, 0.15) is 27.2 Å². The molecule has 0 aromatic carbocycles. The molecule has 0 heterocycles. The Kier molecular flexibility index (Phi) is 4.06. The zero-order valence-corrected chi connectivity index (χ0v) is 10.3. The van der Waals surface area contributed by atoms with Gasteiger partial charge in [-0.25, -0.2) is 0 Å². The van der Waals surface area contributed by atoms with E-state index in [2.05, 4.69) is 19.2 Å². The van der Waals surface area contributed by atoms with Crippen molar-refractivity contribution < 1.29 is 18.0 Å². The van der Waals surface area contributed by atoms with Gasteiger partial charge in [0.25, 0.3) is 0 Å². The van der Waals surface area contributed by atoms with E-state index in [0.717, 1.165) is 6.42 Å². The molecule has 17 heavy (non-hydrogen) atoms. The fourth-order valence-electron chi connectivity index (χ4n) is 1.68. The molecule has 2 N–H and O–H groups in total. The van der Waals surface area contributed by atoms with Crippen LogP contribution in [0.3, 0.4) is 0 Å². The van der Waals surface area contributed by atoms with E-state index >= 15 is 0 Å². The molecule has 0 aromatic rings. The largest absolute Gasteiger partial charge is 0.405 e. The van der Waals surface area contributed by atoms with Gasteiger partial charge < -0.3 is 10.6 Å². The van der Waals surface area contributed by atoms with Crippen LogP contribution in [0.2, 0.25) is 0 Å². The van der Waals surface area contributed by atoms with Crippen LogP contribution in [0.15, 0.2) is 0 Å². The lowest BCUT2D eigenvalue weighted by Gasteiger charge is -2.15. The fraction of sp³-hybridized carbons (Fsp3) is 0.909. The van der Waals surface area contributed by atoms with E-state index in [1.807, 2.05) is 5.32 Å². The van der Waals surface area contributed by atoms with Crippen LogP contribution >= 0.6 is 0 Å². The average Bonchev–Trinajstić information content (AvgIpc) is 2.78. The lowest BCUT2D eigenvalue weighted by Crippen LogP contribution is -2.45. The quantitative estimate of drug-likeness (QED) is 0.781. The van der Waals surface area contributed by atoms with Gasteiger partial charge in [0.2, 0.25) is 5.91 Å². The number of rotatable bonds is 5. The Bertz CT molecular complexity index is 289. The normalized spacial score (nSPS) is 24.2. The number of alkyl halides is 3. The second kappa shape index (κ2) is 4.84. The molecular weight excluding hydrogens is 233 g/mol. The van der Waals surface area contributed by atoms with Gasteiger partial charge in [0.15, 0.2) is 0 Å². The summed E-state index contributed by atoms with van der Waals surface area (Å²) in [4.78, 5) is 11.3. The van der Waals surface area contributed by atoms with Gasteiger partial charge in [-0.3, -0.25) is 4.79 Å². The molecule has 0 saturated heterocycles. The van der Waals surface area contributed by atoms with Crippen molar-refractivity contribution in [3.8, 4) is 0 Å². The Morgan fingerprint density at radius 2 is 2.00 bits per heavy atom. The predicted octanol–water partition coefficient (Wildman–Crippen LogP) is 1.69. The molecule has 6 heteroatoms. The predicted molar refractivity (Wildman–Crippen MR) is 58.4 cm³/mol. The minimum atomic E-state index is -4.35. The maximum atomic E-state index is 11.9. The molecular formula is C11H19F3N2O. The maximum Gasteiger partial charge on any atom is 0.405 e. The van der Waals surface area contributed by atoms with Gasteiger partial charge in [-0.1, -0.05) is 13.8 Å². The van der Waals surface area contributed by atoms with Crippen molar-refractivity contribution in [3.63, 3.8) is 0 Å². The van der Waals surface area contributed by atoms with Gasteiger partial charge in [-0.15, -0.1) is 0 Å². The zero-order valence-electron chi connectivity index (χ0n) is 10.3. The van der Waals surface area contributed by atoms with E-state index < -0.39 is 24.7 Å². The molecule has 1 amide bonds. The standard InChI is InChI=1S/C11H19F3N2O/c1-7(9(17)16-6-11(12,13)14)15-5-8-4-10(8,2)3/h7-8,15H,4-6H2,1-3H3,(H,16,17). The molecule has 0 aliphatic heterocycles. The number of hydrogen-bond donors (Lipinski definition) is 2. The summed E-state index contributed by atoms with van der Waals surface area (Å²) in [7, 11) is 0. The number of carbonyl (C=O) groups is 1. The third kappa shape index (κ3) is 4.93. The van der Waals surface area contributed by atoms with Crippen LogP contribution in [0, 0.1) is 11.3 Å². The lowest BCUT2D eigenvalue weighted by molar-refractivity contribution is -0.139. The van der Waals surface area contributed by atoms with Crippen molar-refractivity contribution in [2.45, 2.75) is 39.4 Å². The third-order valence-corrected chi connectivity index (χ3v) is 3.24. The summed E-state index contributed by atoms with van der Waals surface area (Å²) in [6, 6.07) is -0.589. The van der Waals surface area contributed by atoms with Crippen LogP contribution in [-0.2, 0) is 4.79 Å². The number of carbonyl (C=O) groups excluding carboxylic acids is 1. The maximum absolute atomic E-state index is 11.9. The number of halogens is 3. The first-order valence-corrected chi connectivity index (χ1v) is 5.70. The summed E-state index contributed by atoms with van der Waals surface area (Å²) >= 11 is 0. The molecule has 2 atom stereocenters. The van der Waals surface area contributed by atoms with Gasteiger partial charge in [0, 0.05) is 0 Å². The molecule has 100 valence electrons. The molecule has 0 spiro atoms. The number of hydrogen-bond acceptors (Lipinski definition) is 2. The van der Waals surface area contributed by atoms with E-state index in [4.69, 9.17) is 0 Å². The summed E-state index contributed by atoms with van der Waals surface area (Å²) in [5, 5.41) is 4.82. The summed E-state index contributed by atoms with van der Waals surface area (Å²) < 4.78 is 35.6. The van der Waals surface area contributed by atoms with Crippen molar-refractivity contribution >= 4 is 5.91 Å². The van der Waals surface area contributed by atoms with Gasteiger partial charge in [0.1, 0.15) is 6.54 Å². The molecule has 1 rings (SSSR count). The van der Waals surface area contributed by atoms with E-state index in [9.17, 15) is 18.0 Å². The van der Waals surface area contributed by atoms with Crippen LogP contribution in [0.4, 0.5) is 13.2 Å². The smallest absolute Gasteiger partial charge is 0.346 e. The fourth-order valence-corrected chi connectivity index (χ4v) is 1.68. The number of amides is 1. The van der Waals surface area contributed by atoms with Crippen LogP contribution in [0.5, 0.6) is 0 Å². The summed E-state index contributed by atoms with van der Waals surface area (Å²) in [5.74, 6) is -0.0962. The van der Waals surface area contributed by atoms with Gasteiger partial charge in [0.05, 0.1) is 6.04 Å². The molecule has 3 nitrogen and oxygen atoms in total. The van der Waals surface area contributed by atoms with Crippen LogP contribution < -0.4 is 10.6 Å². The Morgan fingerprint density at radius 3 is 2.41 bits per heavy atom. The van der Waals surface area contributed by atoms with Crippen molar-refractivity contribution in [2.24, 2.45) is 11.3 Å². The summed E-state index contributed by atoms with van der Waals surface area (Å²) in [6.45, 7) is 5.24. The molecule has 0 aromatic heterocycles. The summed E-state index contributed by atoms with van der Waals surface area (Å²) in [5.41, 5.74) is 0.301. The monoisotopic (exact) mass is 252 g/mol. The topological polar surface area (TPSA) is 41.1 Å². The molecule has 0 radical (unpaired) electrons. The van der Waals surface area contributed by atoms with Crippen LogP contribution in [-0.4, -0.2) is 31.2 Å². The molecule has 1 aliphatic rings. The summed E-state index contributed by atoms with van der Waals surface area (Å²) in [6.07, 6.45) is -3.26. The molecule has 1 saturated carbocycles. The van der Waals surface area contributed by atoms with E-state index in [1.165, 1.54) is 0 Å². The highest BCUT2D eigenvalue weighted by Crippen LogP contribution is 2.50. The Balaban J connectivity index is 2.19. The minimum absolute atomic E-state index is 0.301. The first kappa shape index (κ1) is 14.3. The minimum Gasteiger partial charge on any atom is -0.346 e. The van der Waals surface area contributed by atoms with E-state index in [1.54, 1.807) is 6.92 Å². The van der Waals surface area contributed by atoms with Gasteiger partial charge in [-0.05, 0) is 31.2 Å². The third-order valence-electron chi connectivity index (χ3n) is 3.24. The highest BCUT2D eigenvalue weighted by molar-refractivity contribution is 5.81. The SMILES string of the molecule is CC(NCC1CC1(C)C)C(=O)NCC(F)(F)F. The first-order chi connectivity index (χ1) is 7.62. The lowest BCUT2D eigenvalue weighted by atomic mass is 10.1. The molecule has 1 aliphatic carbocycles. The molecule has 0 bridgehead atoms. The van der Waals surface area contributed by atoms with Crippen molar-refractivity contribution in [2.75, 3.05) is 13.1 Å². The van der Waals surface area contributed by atoms with Gasteiger partial charge >= 0.3 is 6.18 Å². The Morgan fingerprint density at radius 1 is 1.47 bits per heavy atom. The number of nitrogens with one attached hydrogen (secondary N) is 2. The molecule has 1 fully saturated rings. The highest BCUT2D eigenvalue weighted by atomic mass is 19.4. The average molecular weight is 252 g/mol. The Labute approximate surface area is 99.1 Å². The molecule has 2 unspecified atom stereocenters. The second-order valence-electron chi connectivity index (χ2n) is 5.35. The van der Waals surface area contributed by atoms with Gasteiger partial charge in [-0.2, -0.15) is 13.2 Å². The highest BCUT2D eigenvalue weighted by Gasteiger charge is 2.45. The van der Waals surface area contributed by atoms with E-state index in [-0.39, 0.29) is 0 Å². The second-order valence-corrected chi connectivity index (χ2v) is 5.35.